The molecule has 1 aromatic rings. The lowest BCUT2D eigenvalue weighted by Gasteiger charge is -2.24. The second-order valence-corrected chi connectivity index (χ2v) is 6.21. The van der Waals surface area contributed by atoms with Crippen molar-refractivity contribution in [3.63, 3.8) is 0 Å². The number of hydrogen-bond donors (Lipinski definition) is 1. The van der Waals surface area contributed by atoms with Crippen LogP contribution >= 0.6 is 0 Å². The summed E-state index contributed by atoms with van der Waals surface area (Å²) < 4.78 is 5.32. The largest absolute Gasteiger partial charge is 0.444 e. The third-order valence-electron chi connectivity index (χ3n) is 3.20. The zero-order valence-corrected chi connectivity index (χ0v) is 12.9. The van der Waals surface area contributed by atoms with Gasteiger partial charge in [-0.15, -0.1) is 0 Å². The van der Waals surface area contributed by atoms with Gasteiger partial charge in [0, 0.05) is 25.3 Å². The topological polar surface area (TPSA) is 97.6 Å². The molecule has 0 radical (unpaired) electrons. The molecular weight excluding hydrogens is 288 g/mol. The van der Waals surface area contributed by atoms with Crippen molar-refractivity contribution in [3.8, 4) is 0 Å². The Morgan fingerprint density at radius 1 is 1.55 bits per heavy atom. The van der Waals surface area contributed by atoms with Crippen LogP contribution in [0, 0.1) is 10.1 Å². The summed E-state index contributed by atoms with van der Waals surface area (Å²) in [5, 5.41) is 14.1. The molecule has 0 aromatic carbocycles. The molecule has 1 aliphatic rings. The third-order valence-corrected chi connectivity index (χ3v) is 3.20. The average Bonchev–Trinajstić information content (AvgIpc) is 2.86. The van der Waals surface area contributed by atoms with E-state index in [0.717, 1.165) is 0 Å². The molecule has 1 aliphatic heterocycles. The van der Waals surface area contributed by atoms with Crippen LogP contribution in [0.2, 0.25) is 0 Å². The Balaban J connectivity index is 1.97. The molecule has 0 unspecified atom stereocenters. The fraction of sp³-hybridized carbons (Fsp3) is 0.571. The van der Waals surface area contributed by atoms with Crippen molar-refractivity contribution in [3.05, 3.63) is 28.6 Å². The molecule has 120 valence electrons. The fourth-order valence-electron chi connectivity index (χ4n) is 2.24. The van der Waals surface area contributed by atoms with Crippen molar-refractivity contribution >= 4 is 17.5 Å². The summed E-state index contributed by atoms with van der Waals surface area (Å²) in [6, 6.07) is 1.52. The Morgan fingerprint density at radius 2 is 2.27 bits per heavy atom. The summed E-state index contributed by atoms with van der Waals surface area (Å²) in [6.45, 7) is 6.46. The summed E-state index contributed by atoms with van der Waals surface area (Å²) in [7, 11) is 0. The Hall–Kier alpha value is -2.38. The van der Waals surface area contributed by atoms with E-state index in [0.29, 0.717) is 25.2 Å². The van der Waals surface area contributed by atoms with Crippen LogP contribution in [0.25, 0.3) is 0 Å². The van der Waals surface area contributed by atoms with Gasteiger partial charge in [-0.3, -0.25) is 15.1 Å². The van der Waals surface area contributed by atoms with Gasteiger partial charge in [0.1, 0.15) is 17.5 Å². The van der Waals surface area contributed by atoms with Crippen LogP contribution in [-0.2, 0) is 4.74 Å². The number of nitrogens with zero attached hydrogens (tertiary/aromatic N) is 3. The van der Waals surface area contributed by atoms with E-state index >= 15 is 0 Å². The summed E-state index contributed by atoms with van der Waals surface area (Å²) >= 11 is 0. The number of carbonyl (C=O) groups excluding carboxylic acids is 1. The molecular formula is C14H20N4O4. The third kappa shape index (κ3) is 4.06. The number of likely N-dealkylation sites (tertiary alicyclic amines) is 1. The summed E-state index contributed by atoms with van der Waals surface area (Å²) in [5.74, 6) is 0. The molecule has 0 saturated carbocycles. The average molecular weight is 308 g/mol. The smallest absolute Gasteiger partial charge is 0.410 e. The van der Waals surface area contributed by atoms with Gasteiger partial charge in [-0.2, -0.15) is 0 Å². The summed E-state index contributed by atoms with van der Waals surface area (Å²) in [5.41, 5.74) is -0.193. The molecule has 1 saturated heterocycles. The number of nitrogens with one attached hydrogen (secondary N) is 1. The number of ether oxygens (including phenoxy) is 1. The van der Waals surface area contributed by atoms with Gasteiger partial charge in [0.25, 0.3) is 0 Å². The Labute approximate surface area is 128 Å². The minimum atomic E-state index is -0.535. The van der Waals surface area contributed by atoms with E-state index in [-0.39, 0.29) is 17.8 Å². The monoisotopic (exact) mass is 308 g/mol. The van der Waals surface area contributed by atoms with Crippen LogP contribution in [0.15, 0.2) is 18.5 Å². The SMILES string of the molecule is CC(C)(C)OC(=O)N1CC[C@H](Nc2ccncc2[N+](=O)[O-])C1. The fourth-order valence-corrected chi connectivity index (χ4v) is 2.24. The lowest BCUT2D eigenvalue weighted by molar-refractivity contribution is -0.384. The highest BCUT2D eigenvalue weighted by Gasteiger charge is 2.30. The van der Waals surface area contributed by atoms with Crippen molar-refractivity contribution in [2.75, 3.05) is 18.4 Å². The molecule has 1 aromatic heterocycles. The van der Waals surface area contributed by atoms with Gasteiger partial charge >= 0.3 is 11.8 Å². The predicted octanol–water partition coefficient (Wildman–Crippen LogP) is 2.41. The van der Waals surface area contributed by atoms with Crippen molar-refractivity contribution in [2.45, 2.75) is 38.8 Å². The molecule has 0 aliphatic carbocycles. The van der Waals surface area contributed by atoms with Gasteiger partial charge in [0.05, 0.1) is 4.92 Å². The second kappa shape index (κ2) is 6.17. The van der Waals surface area contributed by atoms with Crippen LogP contribution in [0.3, 0.4) is 0 Å². The first-order valence-electron chi connectivity index (χ1n) is 7.09. The highest BCUT2D eigenvalue weighted by atomic mass is 16.6. The Bertz CT molecular complexity index is 570. The van der Waals surface area contributed by atoms with Crippen molar-refractivity contribution in [1.82, 2.24) is 9.88 Å². The van der Waals surface area contributed by atoms with Crippen LogP contribution in [0.1, 0.15) is 27.2 Å². The number of amides is 1. The maximum absolute atomic E-state index is 12.0. The van der Waals surface area contributed by atoms with E-state index in [1.54, 1.807) is 11.0 Å². The molecule has 1 fully saturated rings. The number of carbonyl (C=O) groups is 1. The second-order valence-electron chi connectivity index (χ2n) is 6.21. The molecule has 8 heteroatoms. The lowest BCUT2D eigenvalue weighted by atomic mass is 10.2. The summed E-state index contributed by atoms with van der Waals surface area (Å²) in [6.07, 6.45) is 3.05. The molecule has 22 heavy (non-hydrogen) atoms. The van der Waals surface area contributed by atoms with Crippen molar-refractivity contribution < 1.29 is 14.5 Å². The number of nitro groups is 1. The zero-order chi connectivity index (χ0) is 16.3. The van der Waals surface area contributed by atoms with E-state index < -0.39 is 10.5 Å². The minimum Gasteiger partial charge on any atom is -0.444 e. The lowest BCUT2D eigenvalue weighted by Crippen LogP contribution is -2.36. The van der Waals surface area contributed by atoms with Gasteiger partial charge in [0.2, 0.25) is 0 Å². The van der Waals surface area contributed by atoms with Gasteiger partial charge < -0.3 is 15.0 Å². The molecule has 0 spiro atoms. The molecule has 1 amide bonds. The van der Waals surface area contributed by atoms with Gasteiger partial charge in [-0.05, 0) is 33.3 Å². The van der Waals surface area contributed by atoms with Crippen LogP contribution in [-0.4, -0.2) is 45.6 Å². The van der Waals surface area contributed by atoms with Gasteiger partial charge in [-0.25, -0.2) is 4.79 Å². The Morgan fingerprint density at radius 3 is 2.91 bits per heavy atom. The zero-order valence-electron chi connectivity index (χ0n) is 12.9. The van der Waals surface area contributed by atoms with Crippen LogP contribution < -0.4 is 5.32 Å². The van der Waals surface area contributed by atoms with Crippen LogP contribution in [0.4, 0.5) is 16.2 Å². The number of hydrogen-bond acceptors (Lipinski definition) is 6. The molecule has 1 N–H and O–H groups in total. The number of rotatable bonds is 3. The van der Waals surface area contributed by atoms with Crippen molar-refractivity contribution in [2.24, 2.45) is 0 Å². The normalized spacial score (nSPS) is 18.1. The molecule has 2 heterocycles. The van der Waals surface area contributed by atoms with E-state index in [1.165, 1.54) is 12.4 Å². The van der Waals surface area contributed by atoms with E-state index in [2.05, 4.69) is 10.3 Å². The first kappa shape index (κ1) is 16.0. The molecule has 1 atom stereocenters. The standard InChI is InChI=1S/C14H20N4O4/c1-14(2,3)22-13(19)17-7-5-10(9-17)16-11-4-6-15-8-12(11)18(20)21/h4,6,8,10H,5,7,9H2,1-3H3,(H,15,16)/t10-/m0/s1. The predicted molar refractivity (Wildman–Crippen MR) is 80.7 cm³/mol. The molecule has 0 bridgehead atoms. The number of anilines is 1. The van der Waals surface area contributed by atoms with Crippen LogP contribution in [0.5, 0.6) is 0 Å². The number of aromatic nitrogens is 1. The first-order valence-corrected chi connectivity index (χ1v) is 7.09. The quantitative estimate of drug-likeness (QED) is 0.680. The van der Waals surface area contributed by atoms with E-state index in [4.69, 9.17) is 4.74 Å². The first-order chi connectivity index (χ1) is 10.3. The Kier molecular flexibility index (Phi) is 4.48. The van der Waals surface area contributed by atoms with Gasteiger partial charge in [0.15, 0.2) is 0 Å². The minimum absolute atomic E-state index is 0.0476. The van der Waals surface area contributed by atoms with E-state index in [1.807, 2.05) is 20.8 Å². The molecule has 2 rings (SSSR count). The maximum Gasteiger partial charge on any atom is 0.410 e. The maximum atomic E-state index is 12.0. The highest BCUT2D eigenvalue weighted by molar-refractivity contribution is 5.69. The number of pyridine rings is 1. The molecule has 8 nitrogen and oxygen atoms in total. The van der Waals surface area contributed by atoms with Crippen molar-refractivity contribution in [1.29, 1.82) is 0 Å². The summed E-state index contributed by atoms with van der Waals surface area (Å²) in [4.78, 5) is 27.8. The van der Waals surface area contributed by atoms with Gasteiger partial charge in [-0.1, -0.05) is 0 Å². The van der Waals surface area contributed by atoms with E-state index in [9.17, 15) is 14.9 Å². The highest BCUT2D eigenvalue weighted by Crippen LogP contribution is 2.25.